The van der Waals surface area contributed by atoms with E-state index in [4.69, 9.17) is 14.2 Å². The predicted molar refractivity (Wildman–Crippen MR) is 179 cm³/mol. The molecule has 0 unspecified atom stereocenters. The van der Waals surface area contributed by atoms with Crippen LogP contribution in [0.5, 0.6) is 11.9 Å². The minimum absolute atomic E-state index is 0.00186. The Hall–Kier alpha value is -4.56. The molecular formula is C34H34F5N7O4S. The Morgan fingerprint density at radius 1 is 1.24 bits per heavy atom. The van der Waals surface area contributed by atoms with Crippen molar-refractivity contribution >= 4 is 49.2 Å². The summed E-state index contributed by atoms with van der Waals surface area (Å²) >= 11 is 0.764. The average Bonchev–Trinajstić information content (AvgIpc) is 3.68. The van der Waals surface area contributed by atoms with Gasteiger partial charge in [0.2, 0.25) is 5.88 Å². The molecule has 0 spiro atoms. The molecule has 0 bridgehead atoms. The van der Waals surface area contributed by atoms with Gasteiger partial charge in [0.15, 0.2) is 5.82 Å². The lowest BCUT2D eigenvalue weighted by molar-refractivity contribution is 0.0636. The summed E-state index contributed by atoms with van der Waals surface area (Å²) in [6.45, 7) is 6.68. The molecule has 1 aromatic carbocycles. The second-order valence-electron chi connectivity index (χ2n) is 14.0. The van der Waals surface area contributed by atoms with Crippen molar-refractivity contribution in [1.29, 1.82) is 5.26 Å². The number of ether oxygens (including phenoxy) is 3. The number of fused-ring (bicyclic) bond motifs is 2. The van der Waals surface area contributed by atoms with E-state index in [0.717, 1.165) is 23.8 Å². The molecule has 3 atom stereocenters. The van der Waals surface area contributed by atoms with Crippen molar-refractivity contribution in [2.24, 2.45) is 0 Å². The molecule has 51 heavy (non-hydrogen) atoms. The normalized spacial score (nSPS) is 21.9. The first-order valence-electron chi connectivity index (χ1n) is 16.4. The summed E-state index contributed by atoms with van der Waals surface area (Å²) in [6.07, 6.45) is -2.93. The van der Waals surface area contributed by atoms with Gasteiger partial charge in [0, 0.05) is 23.9 Å². The molecule has 3 aliphatic rings. The van der Waals surface area contributed by atoms with Crippen molar-refractivity contribution in [2.75, 3.05) is 43.1 Å². The lowest BCUT2D eigenvalue weighted by Gasteiger charge is -2.31. The van der Waals surface area contributed by atoms with Gasteiger partial charge in [-0.3, -0.25) is 10.2 Å². The number of anilines is 2. The lowest BCUT2D eigenvalue weighted by Crippen LogP contribution is -2.43. The molecule has 0 radical (unpaired) electrons. The fourth-order valence-corrected chi connectivity index (χ4v) is 8.25. The molecule has 1 amide bonds. The highest BCUT2D eigenvalue weighted by molar-refractivity contribution is 7.23. The minimum Gasteiger partial charge on any atom is -0.475 e. The summed E-state index contributed by atoms with van der Waals surface area (Å²) in [4.78, 5) is 29.2. The van der Waals surface area contributed by atoms with Crippen molar-refractivity contribution in [3.8, 4) is 29.2 Å². The first-order valence-corrected chi connectivity index (χ1v) is 17.3. The quantitative estimate of drug-likeness (QED) is 0.195. The van der Waals surface area contributed by atoms with Crippen molar-refractivity contribution in [1.82, 2.24) is 19.9 Å². The number of pyridine rings is 1. The summed E-state index contributed by atoms with van der Waals surface area (Å²) in [7, 11) is 0. The third-order valence-electron chi connectivity index (χ3n) is 9.32. The SMILES string of the molecule is C[C@H]1COc2nc(-c3ccc(F)c4sc(NC(=O)OC(C)(C)C)c(C#N)c34)c(F)c3nc(OC[C@@]45CCCN4C[C@H](F)C5)nc(c23)N1CC(F)F. The maximum atomic E-state index is 17.0. The summed E-state index contributed by atoms with van der Waals surface area (Å²) in [5.41, 5.74) is -2.37. The van der Waals surface area contributed by atoms with Crippen molar-refractivity contribution < 1.29 is 41.0 Å². The molecule has 3 aromatic heterocycles. The van der Waals surface area contributed by atoms with E-state index in [0.29, 0.717) is 13.0 Å². The monoisotopic (exact) mass is 731 g/mol. The molecule has 3 aliphatic heterocycles. The molecule has 0 saturated carbocycles. The number of nitriles is 1. The smallest absolute Gasteiger partial charge is 0.412 e. The molecule has 0 aliphatic carbocycles. The highest BCUT2D eigenvalue weighted by Crippen LogP contribution is 2.46. The first-order chi connectivity index (χ1) is 24.2. The summed E-state index contributed by atoms with van der Waals surface area (Å²) in [5, 5.41) is 12.6. The molecule has 7 rings (SSSR count). The van der Waals surface area contributed by atoms with Crippen LogP contribution in [0, 0.1) is 23.0 Å². The number of carbonyl (C=O) groups excluding carboxylic acids is 1. The fourth-order valence-electron chi connectivity index (χ4n) is 7.18. The van der Waals surface area contributed by atoms with Crippen LogP contribution in [0.25, 0.3) is 32.2 Å². The number of hydrogen-bond donors (Lipinski definition) is 1. The van der Waals surface area contributed by atoms with Crippen LogP contribution in [0.2, 0.25) is 0 Å². The number of nitrogens with zero attached hydrogens (tertiary/aromatic N) is 6. The molecular weight excluding hydrogens is 697 g/mol. The fraction of sp³-hybridized carbons (Fsp3) is 0.500. The van der Waals surface area contributed by atoms with Gasteiger partial charge >= 0.3 is 12.1 Å². The van der Waals surface area contributed by atoms with Crippen LogP contribution in [0.3, 0.4) is 0 Å². The summed E-state index contributed by atoms with van der Waals surface area (Å²) in [6, 6.07) is 3.33. The van der Waals surface area contributed by atoms with Gasteiger partial charge in [-0.1, -0.05) is 0 Å². The number of aromatic nitrogens is 3. The average molecular weight is 732 g/mol. The van der Waals surface area contributed by atoms with Crippen LogP contribution < -0.4 is 19.7 Å². The van der Waals surface area contributed by atoms with E-state index in [1.165, 1.54) is 11.0 Å². The third kappa shape index (κ3) is 6.32. The predicted octanol–water partition coefficient (Wildman–Crippen LogP) is 7.21. The summed E-state index contributed by atoms with van der Waals surface area (Å²) in [5.74, 6) is -2.01. The minimum atomic E-state index is -2.79. The van der Waals surface area contributed by atoms with Gasteiger partial charge in [-0.15, -0.1) is 11.3 Å². The lowest BCUT2D eigenvalue weighted by atomic mass is 9.95. The van der Waals surface area contributed by atoms with Crippen molar-refractivity contribution in [3.63, 3.8) is 0 Å². The summed E-state index contributed by atoms with van der Waals surface area (Å²) < 4.78 is 91.9. The van der Waals surface area contributed by atoms with Gasteiger partial charge in [-0.2, -0.15) is 15.2 Å². The molecule has 4 aromatic rings. The van der Waals surface area contributed by atoms with E-state index >= 15 is 8.78 Å². The number of amides is 1. The zero-order valence-electron chi connectivity index (χ0n) is 28.2. The standard InChI is InChI=1S/C34H34F5N7O4S/c1-16-14-48-29-23-26(42-31(43-28(23)46(16)13-21(37)38)49-15-34-8-5-9-45(34)12-17(35)10-34)24(39)25(41-29)18-6-7-20(36)27-22(18)19(11-40)30(51-27)44-32(47)50-33(2,3)4/h6-7,16-17,21H,5,8-10,12-15H2,1-4H3,(H,44,47)/t16-,17+,34-/m0/s1. The van der Waals surface area contributed by atoms with Crippen LogP contribution >= 0.6 is 11.3 Å². The zero-order chi connectivity index (χ0) is 36.4. The molecule has 2 saturated heterocycles. The highest BCUT2D eigenvalue weighted by Gasteiger charge is 2.49. The molecule has 11 nitrogen and oxygen atoms in total. The number of carbonyl (C=O) groups is 1. The van der Waals surface area contributed by atoms with Gasteiger partial charge in [0.05, 0.1) is 28.4 Å². The Labute approximate surface area is 293 Å². The van der Waals surface area contributed by atoms with E-state index in [9.17, 15) is 23.2 Å². The second-order valence-corrected chi connectivity index (χ2v) is 15.1. The molecule has 1 N–H and O–H groups in total. The molecule has 270 valence electrons. The molecule has 6 heterocycles. The van der Waals surface area contributed by atoms with Gasteiger partial charge in [0.25, 0.3) is 6.43 Å². The number of benzene rings is 1. The van der Waals surface area contributed by atoms with E-state index in [2.05, 4.69) is 20.3 Å². The van der Waals surface area contributed by atoms with Crippen LogP contribution in [-0.2, 0) is 4.74 Å². The van der Waals surface area contributed by atoms with Crippen molar-refractivity contribution in [3.05, 3.63) is 29.3 Å². The second kappa shape index (κ2) is 12.9. The maximum Gasteiger partial charge on any atom is 0.412 e. The molecule has 2 fully saturated rings. The maximum absolute atomic E-state index is 17.0. The van der Waals surface area contributed by atoms with Crippen LogP contribution in [0.1, 0.15) is 52.5 Å². The van der Waals surface area contributed by atoms with E-state index < -0.39 is 54.1 Å². The third-order valence-corrected chi connectivity index (χ3v) is 10.4. The van der Waals surface area contributed by atoms with Gasteiger partial charge in [-0.25, -0.2) is 31.7 Å². The van der Waals surface area contributed by atoms with Crippen LogP contribution in [-0.4, -0.2) is 88.6 Å². The number of hydrogen-bond acceptors (Lipinski definition) is 11. The Bertz CT molecular complexity index is 2090. The zero-order valence-corrected chi connectivity index (χ0v) is 29.0. The Kier molecular flexibility index (Phi) is 8.81. The molecule has 17 heteroatoms. The number of rotatable bonds is 7. The van der Waals surface area contributed by atoms with E-state index in [-0.39, 0.29) is 86.7 Å². The topological polar surface area (TPSA) is 126 Å². The van der Waals surface area contributed by atoms with Gasteiger partial charge in [-0.05, 0) is 59.2 Å². The van der Waals surface area contributed by atoms with Crippen molar-refractivity contribution in [2.45, 2.75) is 76.7 Å². The Morgan fingerprint density at radius 3 is 2.75 bits per heavy atom. The van der Waals surface area contributed by atoms with E-state index in [1.807, 2.05) is 11.0 Å². The van der Waals surface area contributed by atoms with E-state index in [1.54, 1.807) is 27.7 Å². The Balaban J connectivity index is 1.39. The number of alkyl halides is 3. The van der Waals surface area contributed by atoms with Gasteiger partial charge < -0.3 is 19.1 Å². The van der Waals surface area contributed by atoms with Crippen LogP contribution in [0.15, 0.2) is 12.1 Å². The highest BCUT2D eigenvalue weighted by atomic mass is 32.1. The number of halogens is 5. The first kappa shape index (κ1) is 34.9. The van der Waals surface area contributed by atoms with Gasteiger partial charge in [0.1, 0.15) is 64.3 Å². The number of nitrogens with one attached hydrogen (secondary N) is 1. The largest absolute Gasteiger partial charge is 0.475 e. The Morgan fingerprint density at radius 2 is 2.02 bits per heavy atom. The number of thiophene rings is 1. The van der Waals surface area contributed by atoms with Crippen LogP contribution in [0.4, 0.5) is 37.6 Å².